The van der Waals surface area contributed by atoms with Crippen molar-refractivity contribution in [3.05, 3.63) is 24.5 Å². The standard InChI is InChI=1S/C9H12N5/c1-14(8-2-4-10-5-3-8)13-9-11-6-7-12-9/h2-5H,1,6-7H2,(H2,11,12,13)/q+1. The minimum Gasteiger partial charge on any atom is -0.350 e. The van der Waals surface area contributed by atoms with Gasteiger partial charge in [-0.05, 0) is 0 Å². The Kier molecular flexibility index (Phi) is 2.40. The molecule has 0 fully saturated rings. The topological polar surface area (TPSA) is 52.3 Å². The van der Waals surface area contributed by atoms with E-state index in [9.17, 15) is 0 Å². The predicted molar refractivity (Wildman–Crippen MR) is 54.7 cm³/mol. The average molecular weight is 190 g/mol. The number of nitrogens with one attached hydrogen (secondary N) is 2. The van der Waals surface area contributed by atoms with E-state index in [4.69, 9.17) is 0 Å². The summed E-state index contributed by atoms with van der Waals surface area (Å²) >= 11 is 0. The van der Waals surface area contributed by atoms with Gasteiger partial charge in [0, 0.05) is 31.1 Å². The van der Waals surface area contributed by atoms with Crippen LogP contribution in [0.25, 0.3) is 0 Å². The smallest absolute Gasteiger partial charge is 0.248 e. The molecule has 0 unspecified atom stereocenters. The molecule has 5 heteroatoms. The Labute approximate surface area is 82.2 Å². The summed E-state index contributed by atoms with van der Waals surface area (Å²) in [5.74, 6) is 0.761. The average Bonchev–Trinajstić information content (AvgIpc) is 2.72. The Bertz CT molecular complexity index is 357. The molecule has 0 spiro atoms. The summed E-state index contributed by atoms with van der Waals surface area (Å²) in [4.78, 5) is 8.13. The summed E-state index contributed by atoms with van der Waals surface area (Å²) < 4.78 is 1.65. The molecule has 0 bridgehead atoms. The molecule has 5 nitrogen and oxygen atoms in total. The van der Waals surface area contributed by atoms with Gasteiger partial charge in [-0.1, -0.05) is 4.68 Å². The first kappa shape index (κ1) is 8.68. The van der Waals surface area contributed by atoms with Gasteiger partial charge in [0.15, 0.2) is 6.72 Å². The van der Waals surface area contributed by atoms with E-state index in [1.807, 2.05) is 12.1 Å². The molecule has 72 valence electrons. The van der Waals surface area contributed by atoms with Crippen LogP contribution in [0.4, 0.5) is 5.69 Å². The Morgan fingerprint density at radius 1 is 1.43 bits per heavy atom. The molecule has 0 aliphatic carbocycles. The largest absolute Gasteiger partial charge is 0.350 e. The maximum atomic E-state index is 4.20. The van der Waals surface area contributed by atoms with Crippen molar-refractivity contribution in [1.82, 2.24) is 15.7 Å². The number of aromatic nitrogens is 1. The number of nitrogens with zero attached hydrogens (tertiary/aromatic N) is 3. The lowest BCUT2D eigenvalue weighted by Gasteiger charge is -2.02. The molecule has 1 aromatic heterocycles. The molecule has 2 N–H and O–H groups in total. The zero-order valence-corrected chi connectivity index (χ0v) is 7.77. The molecule has 14 heavy (non-hydrogen) atoms. The van der Waals surface area contributed by atoms with Gasteiger partial charge in [0.1, 0.15) is 0 Å². The fourth-order valence-corrected chi connectivity index (χ4v) is 1.19. The molecule has 1 aliphatic heterocycles. The van der Waals surface area contributed by atoms with Crippen molar-refractivity contribution in [3.63, 3.8) is 0 Å². The van der Waals surface area contributed by atoms with E-state index in [2.05, 4.69) is 27.4 Å². The van der Waals surface area contributed by atoms with Gasteiger partial charge in [-0.15, -0.1) is 5.43 Å². The van der Waals surface area contributed by atoms with Crippen LogP contribution >= 0.6 is 0 Å². The molecule has 2 heterocycles. The summed E-state index contributed by atoms with van der Waals surface area (Å²) in [5, 5.41) is 3.10. The van der Waals surface area contributed by atoms with Crippen LogP contribution in [0.1, 0.15) is 0 Å². The van der Waals surface area contributed by atoms with E-state index in [1.54, 1.807) is 17.1 Å². The van der Waals surface area contributed by atoms with Gasteiger partial charge in [-0.2, -0.15) is 0 Å². The first-order chi connectivity index (χ1) is 6.86. The van der Waals surface area contributed by atoms with Crippen LogP contribution in [0.3, 0.4) is 0 Å². The highest BCUT2D eigenvalue weighted by Crippen LogP contribution is 2.04. The van der Waals surface area contributed by atoms with Crippen molar-refractivity contribution in [2.45, 2.75) is 0 Å². The van der Waals surface area contributed by atoms with Crippen LogP contribution in [0, 0.1) is 0 Å². The minimum atomic E-state index is 0.761. The highest BCUT2D eigenvalue weighted by Gasteiger charge is 2.11. The van der Waals surface area contributed by atoms with E-state index >= 15 is 0 Å². The van der Waals surface area contributed by atoms with Crippen LogP contribution in [-0.2, 0) is 0 Å². The lowest BCUT2D eigenvalue weighted by molar-refractivity contribution is -0.478. The zero-order chi connectivity index (χ0) is 9.80. The number of rotatable bonds is 2. The number of hydrazine groups is 1. The van der Waals surface area contributed by atoms with Crippen LogP contribution in [0.2, 0.25) is 0 Å². The van der Waals surface area contributed by atoms with Gasteiger partial charge in [0.25, 0.3) is 0 Å². The number of hydrogen-bond donors (Lipinski definition) is 2. The van der Waals surface area contributed by atoms with Crippen LogP contribution in [0.15, 0.2) is 29.5 Å². The zero-order valence-electron chi connectivity index (χ0n) is 7.77. The normalized spacial score (nSPS) is 14.4. The third-order valence-corrected chi connectivity index (χ3v) is 1.89. The van der Waals surface area contributed by atoms with Gasteiger partial charge in [-0.3, -0.25) is 4.98 Å². The highest BCUT2D eigenvalue weighted by molar-refractivity contribution is 5.80. The molecule has 0 radical (unpaired) electrons. The van der Waals surface area contributed by atoms with Crippen molar-refractivity contribution in [1.29, 1.82) is 0 Å². The van der Waals surface area contributed by atoms with Crippen molar-refractivity contribution in [3.8, 4) is 0 Å². The number of hydrogen-bond acceptors (Lipinski definition) is 4. The van der Waals surface area contributed by atoms with Gasteiger partial charge in [0.05, 0.1) is 6.54 Å². The Morgan fingerprint density at radius 3 is 2.86 bits per heavy atom. The first-order valence-electron chi connectivity index (χ1n) is 4.42. The second-order valence-corrected chi connectivity index (χ2v) is 2.90. The van der Waals surface area contributed by atoms with Crippen LogP contribution < -0.4 is 10.7 Å². The molecule has 0 aromatic carbocycles. The number of aliphatic imine (C=N–C) groups is 1. The molecular weight excluding hydrogens is 178 g/mol. The van der Waals surface area contributed by atoms with Gasteiger partial charge < -0.3 is 5.32 Å². The van der Waals surface area contributed by atoms with Gasteiger partial charge >= 0.3 is 0 Å². The molecule has 0 atom stereocenters. The number of hydrazone groups is 1. The van der Waals surface area contributed by atoms with Crippen molar-refractivity contribution in [2.24, 2.45) is 4.99 Å². The Balaban J connectivity index is 2.03. The molecule has 0 saturated carbocycles. The lowest BCUT2D eigenvalue weighted by Crippen LogP contribution is -2.38. The summed E-state index contributed by atoms with van der Waals surface area (Å²) in [5.41, 5.74) is 3.97. The third-order valence-electron chi connectivity index (χ3n) is 1.89. The second-order valence-electron chi connectivity index (χ2n) is 2.90. The van der Waals surface area contributed by atoms with Crippen LogP contribution in [0.5, 0.6) is 0 Å². The van der Waals surface area contributed by atoms with Crippen molar-refractivity contribution < 1.29 is 4.68 Å². The van der Waals surface area contributed by atoms with Crippen LogP contribution in [-0.4, -0.2) is 35.4 Å². The first-order valence-corrected chi connectivity index (χ1v) is 4.42. The van der Waals surface area contributed by atoms with E-state index in [1.165, 1.54) is 0 Å². The Morgan fingerprint density at radius 2 is 2.21 bits per heavy atom. The SMILES string of the molecule is C=[N+](NC1=NCCN1)c1ccncc1. The summed E-state index contributed by atoms with van der Waals surface area (Å²) in [7, 11) is 0. The maximum absolute atomic E-state index is 4.20. The molecule has 0 amide bonds. The molecule has 1 aromatic rings. The molecule has 0 saturated heterocycles. The van der Waals surface area contributed by atoms with Gasteiger partial charge in [-0.25, -0.2) is 4.99 Å². The monoisotopic (exact) mass is 190 g/mol. The van der Waals surface area contributed by atoms with E-state index in [0.29, 0.717) is 0 Å². The second kappa shape index (κ2) is 3.87. The maximum Gasteiger partial charge on any atom is 0.248 e. The van der Waals surface area contributed by atoms with Crippen molar-refractivity contribution >= 4 is 18.4 Å². The molecule has 1 aliphatic rings. The summed E-state index contributed by atoms with van der Waals surface area (Å²) in [6, 6.07) is 3.74. The van der Waals surface area contributed by atoms with Gasteiger partial charge in [0.2, 0.25) is 11.6 Å². The third kappa shape index (κ3) is 1.87. The van der Waals surface area contributed by atoms with E-state index in [-0.39, 0.29) is 0 Å². The lowest BCUT2D eigenvalue weighted by atomic mass is 10.4. The number of pyridine rings is 1. The molecule has 2 rings (SSSR count). The van der Waals surface area contributed by atoms with E-state index < -0.39 is 0 Å². The molecular formula is C9H12N5+. The van der Waals surface area contributed by atoms with E-state index in [0.717, 1.165) is 24.7 Å². The quantitative estimate of drug-likeness (QED) is 0.388. The number of guanidine groups is 1. The Hall–Kier alpha value is -1.91. The fraction of sp³-hybridized carbons (Fsp3) is 0.222. The minimum absolute atomic E-state index is 0.761. The fourth-order valence-electron chi connectivity index (χ4n) is 1.19. The summed E-state index contributed by atoms with van der Waals surface area (Å²) in [6.45, 7) is 5.54. The van der Waals surface area contributed by atoms with Crippen molar-refractivity contribution in [2.75, 3.05) is 13.1 Å². The summed E-state index contributed by atoms with van der Waals surface area (Å²) in [6.07, 6.45) is 3.44. The predicted octanol–water partition coefficient (Wildman–Crippen LogP) is -0.110. The highest BCUT2D eigenvalue weighted by atomic mass is 15.5.